The van der Waals surface area contributed by atoms with E-state index >= 15 is 0 Å². The van der Waals surface area contributed by atoms with Crippen LogP contribution < -0.4 is 21.1 Å². The van der Waals surface area contributed by atoms with Crippen LogP contribution in [0, 0.1) is 0 Å². The number of methoxy groups -OCH3 is 1. The molecule has 0 aliphatic rings. The molecule has 0 bridgehead atoms. The Morgan fingerprint density at radius 1 is 1.24 bits per heavy atom. The molecule has 2 aromatic rings. The van der Waals surface area contributed by atoms with Crippen LogP contribution in [0.5, 0.6) is 5.88 Å². The van der Waals surface area contributed by atoms with E-state index in [4.69, 9.17) is 10.5 Å². The monoisotopic (exact) mass is 286 g/mol. The maximum atomic E-state index is 11.8. The summed E-state index contributed by atoms with van der Waals surface area (Å²) < 4.78 is 5.03. The predicted molar refractivity (Wildman–Crippen MR) is 81.0 cm³/mol. The van der Waals surface area contributed by atoms with Crippen molar-refractivity contribution >= 4 is 11.7 Å². The number of carbonyl (C=O) groups is 1. The number of ether oxygens (including phenoxy) is 1. The Morgan fingerprint density at radius 2 is 2.00 bits per heavy atom. The molecule has 4 N–H and O–H groups in total. The molecule has 110 valence electrons. The lowest BCUT2D eigenvalue weighted by molar-refractivity contribution is 0.251. The molecule has 21 heavy (non-hydrogen) atoms. The Kier molecular flexibility index (Phi) is 5.11. The van der Waals surface area contributed by atoms with E-state index in [-0.39, 0.29) is 6.03 Å². The van der Waals surface area contributed by atoms with Gasteiger partial charge in [0.05, 0.1) is 7.11 Å². The second-order valence-corrected chi connectivity index (χ2v) is 4.42. The largest absolute Gasteiger partial charge is 0.481 e. The van der Waals surface area contributed by atoms with Crippen molar-refractivity contribution in [2.45, 2.75) is 13.1 Å². The smallest absolute Gasteiger partial charge is 0.319 e. The number of rotatable bonds is 5. The van der Waals surface area contributed by atoms with Gasteiger partial charge in [-0.1, -0.05) is 12.1 Å². The summed E-state index contributed by atoms with van der Waals surface area (Å²) in [5, 5.41) is 5.52. The molecule has 0 spiro atoms. The van der Waals surface area contributed by atoms with Crippen LogP contribution in [0.3, 0.4) is 0 Å². The van der Waals surface area contributed by atoms with Crippen molar-refractivity contribution < 1.29 is 9.53 Å². The summed E-state index contributed by atoms with van der Waals surface area (Å²) in [6, 6.07) is 10.7. The summed E-state index contributed by atoms with van der Waals surface area (Å²) in [6.45, 7) is 0.877. The van der Waals surface area contributed by atoms with Gasteiger partial charge in [-0.3, -0.25) is 0 Å². The van der Waals surface area contributed by atoms with Crippen LogP contribution in [0.25, 0.3) is 0 Å². The Bertz CT molecular complexity index is 599. The highest BCUT2D eigenvalue weighted by molar-refractivity contribution is 5.89. The van der Waals surface area contributed by atoms with Crippen LogP contribution in [-0.4, -0.2) is 18.1 Å². The number of urea groups is 1. The van der Waals surface area contributed by atoms with Crippen molar-refractivity contribution in [3.63, 3.8) is 0 Å². The maximum absolute atomic E-state index is 11.8. The van der Waals surface area contributed by atoms with Gasteiger partial charge in [-0.05, 0) is 29.3 Å². The number of hydrogen-bond acceptors (Lipinski definition) is 4. The summed E-state index contributed by atoms with van der Waals surface area (Å²) in [5.41, 5.74) is 8.17. The number of nitrogens with one attached hydrogen (secondary N) is 2. The second kappa shape index (κ2) is 7.25. The molecule has 1 aromatic heterocycles. The Balaban J connectivity index is 1.86. The van der Waals surface area contributed by atoms with E-state index in [0.29, 0.717) is 19.0 Å². The average molecular weight is 286 g/mol. The van der Waals surface area contributed by atoms with E-state index in [1.54, 1.807) is 19.4 Å². The molecular formula is C15H18N4O2. The van der Waals surface area contributed by atoms with E-state index < -0.39 is 0 Å². The first-order valence-electron chi connectivity index (χ1n) is 6.54. The number of anilines is 1. The van der Waals surface area contributed by atoms with Crippen molar-refractivity contribution in [1.82, 2.24) is 10.3 Å². The normalized spacial score (nSPS) is 10.0. The standard InChI is InChI=1S/C15H18N4O2/c1-21-14-8-12(6-7-17-14)10-18-15(20)19-13-4-2-11(9-16)3-5-13/h2-8H,9-10,16H2,1H3,(H2,18,19,20). The van der Waals surface area contributed by atoms with Crippen LogP contribution in [0.2, 0.25) is 0 Å². The number of amides is 2. The van der Waals surface area contributed by atoms with E-state index in [0.717, 1.165) is 16.8 Å². The van der Waals surface area contributed by atoms with Crippen molar-refractivity contribution in [3.05, 3.63) is 53.7 Å². The summed E-state index contributed by atoms with van der Waals surface area (Å²) in [5.74, 6) is 0.520. The molecule has 0 saturated carbocycles. The first-order chi connectivity index (χ1) is 10.2. The zero-order chi connectivity index (χ0) is 15.1. The molecule has 0 aliphatic carbocycles. The molecule has 1 heterocycles. The highest BCUT2D eigenvalue weighted by Gasteiger charge is 2.03. The van der Waals surface area contributed by atoms with Gasteiger partial charge in [0, 0.05) is 31.0 Å². The van der Waals surface area contributed by atoms with Crippen LogP contribution in [0.15, 0.2) is 42.6 Å². The van der Waals surface area contributed by atoms with Gasteiger partial charge in [0.25, 0.3) is 0 Å². The molecule has 6 nitrogen and oxygen atoms in total. The summed E-state index contributed by atoms with van der Waals surface area (Å²) in [6.07, 6.45) is 1.64. The Hall–Kier alpha value is -2.60. The van der Waals surface area contributed by atoms with Crippen molar-refractivity contribution in [3.8, 4) is 5.88 Å². The predicted octanol–water partition coefficient (Wildman–Crippen LogP) is 1.87. The number of pyridine rings is 1. The van der Waals surface area contributed by atoms with Crippen LogP contribution in [0.1, 0.15) is 11.1 Å². The fraction of sp³-hybridized carbons (Fsp3) is 0.200. The highest BCUT2D eigenvalue weighted by Crippen LogP contribution is 2.10. The molecule has 2 rings (SSSR count). The molecule has 6 heteroatoms. The lowest BCUT2D eigenvalue weighted by Gasteiger charge is -2.08. The summed E-state index contributed by atoms with van der Waals surface area (Å²) in [7, 11) is 1.55. The third-order valence-corrected chi connectivity index (χ3v) is 2.91. The molecule has 0 radical (unpaired) electrons. The minimum atomic E-state index is -0.272. The number of benzene rings is 1. The molecule has 2 amide bonds. The second-order valence-electron chi connectivity index (χ2n) is 4.42. The number of nitrogens with zero attached hydrogens (tertiary/aromatic N) is 1. The lowest BCUT2D eigenvalue weighted by atomic mass is 10.2. The van der Waals surface area contributed by atoms with Crippen LogP contribution in [-0.2, 0) is 13.1 Å². The third kappa shape index (κ3) is 4.47. The van der Waals surface area contributed by atoms with Crippen LogP contribution >= 0.6 is 0 Å². The topological polar surface area (TPSA) is 89.3 Å². The van der Waals surface area contributed by atoms with Gasteiger partial charge in [-0.25, -0.2) is 9.78 Å². The molecular weight excluding hydrogens is 268 g/mol. The SMILES string of the molecule is COc1cc(CNC(=O)Nc2ccc(CN)cc2)ccn1. The van der Waals surface area contributed by atoms with Gasteiger partial charge in [-0.2, -0.15) is 0 Å². The molecule has 0 aliphatic heterocycles. The van der Waals surface area contributed by atoms with E-state index in [9.17, 15) is 4.79 Å². The van der Waals surface area contributed by atoms with Gasteiger partial charge < -0.3 is 21.1 Å². The van der Waals surface area contributed by atoms with Gasteiger partial charge in [0.15, 0.2) is 0 Å². The highest BCUT2D eigenvalue weighted by atomic mass is 16.5. The average Bonchev–Trinajstić information content (AvgIpc) is 2.54. The van der Waals surface area contributed by atoms with E-state index in [1.807, 2.05) is 30.3 Å². The van der Waals surface area contributed by atoms with Crippen molar-refractivity contribution in [1.29, 1.82) is 0 Å². The van der Waals surface area contributed by atoms with Crippen molar-refractivity contribution in [2.24, 2.45) is 5.73 Å². The maximum Gasteiger partial charge on any atom is 0.319 e. The Labute approximate surface area is 123 Å². The number of aromatic nitrogens is 1. The first kappa shape index (κ1) is 14.8. The minimum Gasteiger partial charge on any atom is -0.481 e. The van der Waals surface area contributed by atoms with Gasteiger partial charge in [-0.15, -0.1) is 0 Å². The van der Waals surface area contributed by atoms with Gasteiger partial charge in [0.1, 0.15) is 0 Å². The minimum absolute atomic E-state index is 0.272. The quantitative estimate of drug-likeness (QED) is 0.782. The number of carbonyl (C=O) groups excluding carboxylic acids is 1. The first-order valence-corrected chi connectivity index (χ1v) is 6.54. The van der Waals surface area contributed by atoms with E-state index in [2.05, 4.69) is 15.6 Å². The zero-order valence-corrected chi connectivity index (χ0v) is 11.8. The molecule has 1 aromatic carbocycles. The van der Waals surface area contributed by atoms with Gasteiger partial charge in [0.2, 0.25) is 5.88 Å². The number of nitrogens with two attached hydrogens (primary N) is 1. The van der Waals surface area contributed by atoms with E-state index in [1.165, 1.54) is 0 Å². The molecule has 0 atom stereocenters. The lowest BCUT2D eigenvalue weighted by Crippen LogP contribution is -2.28. The summed E-state index contributed by atoms with van der Waals surface area (Å²) in [4.78, 5) is 15.8. The zero-order valence-electron chi connectivity index (χ0n) is 11.8. The van der Waals surface area contributed by atoms with Crippen molar-refractivity contribution in [2.75, 3.05) is 12.4 Å². The Morgan fingerprint density at radius 3 is 2.67 bits per heavy atom. The summed E-state index contributed by atoms with van der Waals surface area (Å²) >= 11 is 0. The molecule has 0 unspecified atom stereocenters. The fourth-order valence-electron chi connectivity index (χ4n) is 1.75. The molecule has 0 saturated heterocycles. The fourth-order valence-corrected chi connectivity index (χ4v) is 1.75. The third-order valence-electron chi connectivity index (χ3n) is 2.91. The van der Waals surface area contributed by atoms with Gasteiger partial charge >= 0.3 is 6.03 Å². The van der Waals surface area contributed by atoms with Crippen LogP contribution in [0.4, 0.5) is 10.5 Å². The molecule has 0 fully saturated rings. The number of hydrogen-bond donors (Lipinski definition) is 3.